The Labute approximate surface area is 84.2 Å². The molecule has 1 heterocycles. The van der Waals surface area contributed by atoms with Crippen molar-refractivity contribution in [3.8, 4) is 0 Å². The number of hydrogen-bond acceptors (Lipinski definition) is 3. The van der Waals surface area contributed by atoms with E-state index in [1.807, 2.05) is 30.2 Å². The molecule has 0 amide bonds. The molecule has 0 aliphatic carbocycles. The molecule has 1 aromatic carbocycles. The molecule has 0 radical (unpaired) electrons. The fourth-order valence-electron chi connectivity index (χ4n) is 1.51. The molecule has 3 heteroatoms. The normalized spacial score (nSPS) is 23.6. The van der Waals surface area contributed by atoms with Gasteiger partial charge in [0.2, 0.25) is 0 Å². The molecular weight excluding hydrogens is 178 g/mol. The maximum absolute atomic E-state index is 5.60. The summed E-state index contributed by atoms with van der Waals surface area (Å²) in [5, 5.41) is 1.85. The van der Waals surface area contributed by atoms with Gasteiger partial charge in [-0.25, -0.2) is 0 Å². The largest absolute Gasteiger partial charge is 0.361 e. The summed E-state index contributed by atoms with van der Waals surface area (Å²) in [7, 11) is 0. The highest BCUT2D eigenvalue weighted by molar-refractivity contribution is 5.14. The second-order valence-corrected chi connectivity index (χ2v) is 3.54. The van der Waals surface area contributed by atoms with Crippen LogP contribution < -0.4 is 0 Å². The summed E-state index contributed by atoms with van der Waals surface area (Å²) in [6.45, 7) is 4.03. The molecule has 1 saturated heterocycles. The Morgan fingerprint density at radius 2 is 2.14 bits per heavy atom. The molecule has 76 valence electrons. The number of nitrogens with zero attached hydrogens (tertiary/aromatic N) is 1. The van der Waals surface area contributed by atoms with Crippen LogP contribution >= 0.6 is 0 Å². The van der Waals surface area contributed by atoms with Crippen molar-refractivity contribution in [1.29, 1.82) is 0 Å². The first-order valence-corrected chi connectivity index (χ1v) is 4.88. The molecule has 0 spiro atoms. The van der Waals surface area contributed by atoms with Gasteiger partial charge in [0, 0.05) is 0 Å². The van der Waals surface area contributed by atoms with Gasteiger partial charge in [-0.2, -0.15) is 5.06 Å². The Kier molecular flexibility index (Phi) is 3.14. The van der Waals surface area contributed by atoms with Crippen molar-refractivity contribution in [1.82, 2.24) is 5.06 Å². The van der Waals surface area contributed by atoms with E-state index in [9.17, 15) is 0 Å². The van der Waals surface area contributed by atoms with E-state index in [-0.39, 0.29) is 6.10 Å². The molecule has 0 aromatic heterocycles. The first kappa shape index (κ1) is 9.65. The van der Waals surface area contributed by atoms with Gasteiger partial charge in [-0.3, -0.25) is 4.84 Å². The number of benzene rings is 1. The Hall–Kier alpha value is -0.900. The summed E-state index contributed by atoms with van der Waals surface area (Å²) in [5.41, 5.74) is 1.24. The predicted octanol–water partition coefficient (Wildman–Crippen LogP) is 1.80. The second kappa shape index (κ2) is 4.55. The fraction of sp³-hybridized carbons (Fsp3) is 0.455. The average Bonchev–Trinajstić information content (AvgIpc) is 2.19. The number of ether oxygens (including phenoxy) is 1. The standard InChI is InChI=1S/C11H15NO2/c1-10-8-13-9-12(14-10)7-11-5-3-2-4-6-11/h2-6,10H,7-9H2,1H3. The van der Waals surface area contributed by atoms with Gasteiger partial charge >= 0.3 is 0 Å². The van der Waals surface area contributed by atoms with Crippen LogP contribution in [0.3, 0.4) is 0 Å². The van der Waals surface area contributed by atoms with Crippen LogP contribution in [-0.4, -0.2) is 24.5 Å². The van der Waals surface area contributed by atoms with E-state index in [2.05, 4.69) is 12.1 Å². The highest BCUT2D eigenvalue weighted by Crippen LogP contribution is 2.10. The van der Waals surface area contributed by atoms with Gasteiger partial charge in [0.05, 0.1) is 19.3 Å². The van der Waals surface area contributed by atoms with Crippen LogP contribution in [0.5, 0.6) is 0 Å². The van der Waals surface area contributed by atoms with Gasteiger partial charge < -0.3 is 4.74 Å². The van der Waals surface area contributed by atoms with Gasteiger partial charge in [0.15, 0.2) is 0 Å². The van der Waals surface area contributed by atoms with E-state index in [4.69, 9.17) is 9.57 Å². The minimum Gasteiger partial charge on any atom is -0.361 e. The highest BCUT2D eigenvalue weighted by atomic mass is 16.7. The quantitative estimate of drug-likeness (QED) is 0.714. The van der Waals surface area contributed by atoms with Gasteiger partial charge in [0.1, 0.15) is 6.73 Å². The zero-order valence-corrected chi connectivity index (χ0v) is 8.35. The van der Waals surface area contributed by atoms with Crippen LogP contribution in [0, 0.1) is 0 Å². The third-order valence-electron chi connectivity index (χ3n) is 2.12. The summed E-state index contributed by atoms with van der Waals surface area (Å²) in [6, 6.07) is 10.2. The topological polar surface area (TPSA) is 21.7 Å². The zero-order valence-electron chi connectivity index (χ0n) is 8.35. The molecule has 14 heavy (non-hydrogen) atoms. The van der Waals surface area contributed by atoms with Crippen molar-refractivity contribution in [2.45, 2.75) is 19.6 Å². The summed E-state index contributed by atoms with van der Waals surface area (Å²) in [5.74, 6) is 0. The van der Waals surface area contributed by atoms with E-state index in [0.29, 0.717) is 13.3 Å². The minimum absolute atomic E-state index is 0.160. The minimum atomic E-state index is 0.160. The predicted molar refractivity (Wildman–Crippen MR) is 53.4 cm³/mol. The molecule has 1 aliphatic rings. The molecule has 1 aromatic rings. The number of rotatable bonds is 2. The molecule has 1 fully saturated rings. The van der Waals surface area contributed by atoms with Crippen LogP contribution in [0.2, 0.25) is 0 Å². The SMILES string of the molecule is CC1COCN(Cc2ccccc2)O1. The first-order valence-electron chi connectivity index (χ1n) is 4.88. The smallest absolute Gasteiger partial charge is 0.122 e. The van der Waals surface area contributed by atoms with E-state index in [0.717, 1.165) is 6.54 Å². The first-order chi connectivity index (χ1) is 6.84. The molecule has 1 unspecified atom stereocenters. The van der Waals surface area contributed by atoms with E-state index in [1.165, 1.54) is 5.56 Å². The van der Waals surface area contributed by atoms with Crippen molar-refractivity contribution in [2.24, 2.45) is 0 Å². The second-order valence-electron chi connectivity index (χ2n) is 3.54. The monoisotopic (exact) mass is 193 g/mol. The van der Waals surface area contributed by atoms with Crippen molar-refractivity contribution in [3.63, 3.8) is 0 Å². The number of hydrogen-bond donors (Lipinski definition) is 0. The Bertz CT molecular complexity index is 276. The molecule has 2 rings (SSSR count). The van der Waals surface area contributed by atoms with E-state index < -0.39 is 0 Å². The van der Waals surface area contributed by atoms with Gasteiger partial charge in [0.25, 0.3) is 0 Å². The maximum atomic E-state index is 5.60. The Morgan fingerprint density at radius 1 is 1.36 bits per heavy atom. The van der Waals surface area contributed by atoms with Crippen molar-refractivity contribution >= 4 is 0 Å². The lowest BCUT2D eigenvalue weighted by Crippen LogP contribution is -2.38. The average molecular weight is 193 g/mol. The molecule has 0 saturated carbocycles. The van der Waals surface area contributed by atoms with E-state index >= 15 is 0 Å². The van der Waals surface area contributed by atoms with Gasteiger partial charge in [-0.05, 0) is 12.5 Å². The van der Waals surface area contributed by atoms with Crippen LogP contribution in [0.4, 0.5) is 0 Å². The van der Waals surface area contributed by atoms with Crippen molar-refractivity contribution < 1.29 is 9.57 Å². The summed E-state index contributed by atoms with van der Waals surface area (Å²) in [6.07, 6.45) is 0.160. The van der Waals surface area contributed by atoms with E-state index in [1.54, 1.807) is 0 Å². The lowest BCUT2D eigenvalue weighted by Gasteiger charge is -2.30. The van der Waals surface area contributed by atoms with Crippen LogP contribution in [0.1, 0.15) is 12.5 Å². The van der Waals surface area contributed by atoms with Gasteiger partial charge in [-0.1, -0.05) is 30.3 Å². The number of hydroxylamine groups is 2. The van der Waals surface area contributed by atoms with Crippen LogP contribution in [0.25, 0.3) is 0 Å². The van der Waals surface area contributed by atoms with Crippen molar-refractivity contribution in [2.75, 3.05) is 13.3 Å². The maximum Gasteiger partial charge on any atom is 0.122 e. The van der Waals surface area contributed by atoms with Crippen molar-refractivity contribution in [3.05, 3.63) is 35.9 Å². The van der Waals surface area contributed by atoms with Gasteiger partial charge in [-0.15, -0.1) is 0 Å². The van der Waals surface area contributed by atoms with Crippen LogP contribution in [0.15, 0.2) is 30.3 Å². The fourth-order valence-corrected chi connectivity index (χ4v) is 1.51. The highest BCUT2D eigenvalue weighted by Gasteiger charge is 2.17. The summed E-state index contributed by atoms with van der Waals surface area (Å²) < 4.78 is 5.37. The summed E-state index contributed by atoms with van der Waals surface area (Å²) >= 11 is 0. The molecule has 0 N–H and O–H groups in total. The molecule has 1 atom stereocenters. The molecular formula is C11H15NO2. The third-order valence-corrected chi connectivity index (χ3v) is 2.12. The molecule has 3 nitrogen and oxygen atoms in total. The Balaban J connectivity index is 1.91. The Morgan fingerprint density at radius 3 is 2.86 bits per heavy atom. The lowest BCUT2D eigenvalue weighted by molar-refractivity contribution is -0.291. The zero-order chi connectivity index (χ0) is 9.80. The van der Waals surface area contributed by atoms with Crippen LogP contribution in [-0.2, 0) is 16.1 Å². The molecule has 0 bridgehead atoms. The molecule has 1 aliphatic heterocycles. The third kappa shape index (κ3) is 2.54. The lowest BCUT2D eigenvalue weighted by atomic mass is 10.2. The summed E-state index contributed by atoms with van der Waals surface area (Å²) in [4.78, 5) is 5.60.